The van der Waals surface area contributed by atoms with Gasteiger partial charge >= 0.3 is 0 Å². The molecule has 0 unspecified atom stereocenters. The van der Waals surface area contributed by atoms with Gasteiger partial charge in [0.2, 0.25) is 5.91 Å². The molecule has 1 rings (SSSR count). The number of hydrogen-bond donors (Lipinski definition) is 1. The molecular weight excluding hydrogens is 192 g/mol. The Hall–Kier alpha value is -0.610. The quantitative estimate of drug-likeness (QED) is 0.770. The summed E-state index contributed by atoms with van der Waals surface area (Å²) in [6.45, 7) is 9.40. The average Bonchev–Trinajstić information content (AvgIpc) is 2.49. The van der Waals surface area contributed by atoms with Gasteiger partial charge < -0.3 is 5.32 Å². The summed E-state index contributed by atoms with van der Waals surface area (Å²) in [6.07, 6.45) is 1.92. The van der Waals surface area contributed by atoms with Crippen LogP contribution in [-0.2, 0) is 9.63 Å². The molecule has 0 spiro atoms. The van der Waals surface area contributed by atoms with Crippen molar-refractivity contribution in [2.24, 2.45) is 0 Å². The van der Waals surface area contributed by atoms with E-state index < -0.39 is 0 Å². The second kappa shape index (κ2) is 4.94. The van der Waals surface area contributed by atoms with E-state index in [1.165, 1.54) is 0 Å². The second-order valence-electron chi connectivity index (χ2n) is 4.96. The predicted molar refractivity (Wildman–Crippen MR) is 59.2 cm³/mol. The van der Waals surface area contributed by atoms with Gasteiger partial charge in [-0.3, -0.25) is 9.63 Å². The summed E-state index contributed by atoms with van der Waals surface area (Å²) in [5.41, 5.74) is -0.169. The van der Waals surface area contributed by atoms with Gasteiger partial charge in [-0.05, 0) is 40.5 Å². The van der Waals surface area contributed by atoms with Crippen LogP contribution in [0.3, 0.4) is 0 Å². The summed E-state index contributed by atoms with van der Waals surface area (Å²) >= 11 is 0. The van der Waals surface area contributed by atoms with Gasteiger partial charge in [0.15, 0.2) is 0 Å². The molecule has 0 aliphatic carbocycles. The van der Waals surface area contributed by atoms with Crippen molar-refractivity contribution in [3.8, 4) is 0 Å². The lowest BCUT2D eigenvalue weighted by molar-refractivity contribution is -0.174. The molecule has 0 aromatic rings. The molecule has 15 heavy (non-hydrogen) atoms. The zero-order valence-electron chi connectivity index (χ0n) is 10.2. The highest BCUT2D eigenvalue weighted by Gasteiger charge is 2.32. The van der Waals surface area contributed by atoms with Crippen LogP contribution in [0.15, 0.2) is 0 Å². The zero-order chi connectivity index (χ0) is 11.5. The van der Waals surface area contributed by atoms with Crippen molar-refractivity contribution in [2.45, 2.75) is 52.1 Å². The highest BCUT2D eigenvalue weighted by molar-refractivity contribution is 5.82. The molecule has 4 nitrogen and oxygen atoms in total. The third-order valence-corrected chi connectivity index (χ3v) is 2.30. The fourth-order valence-corrected chi connectivity index (χ4v) is 1.78. The first kappa shape index (κ1) is 12.5. The van der Waals surface area contributed by atoms with Crippen molar-refractivity contribution in [1.29, 1.82) is 0 Å². The predicted octanol–water partition coefficient (Wildman–Crippen LogP) is 1.32. The van der Waals surface area contributed by atoms with E-state index in [4.69, 9.17) is 4.84 Å². The van der Waals surface area contributed by atoms with Crippen LogP contribution < -0.4 is 5.32 Å². The maximum atomic E-state index is 11.9. The summed E-state index contributed by atoms with van der Waals surface area (Å²) < 4.78 is 0. The van der Waals surface area contributed by atoms with E-state index in [1.807, 2.05) is 27.7 Å². The fourth-order valence-electron chi connectivity index (χ4n) is 1.78. The van der Waals surface area contributed by atoms with Gasteiger partial charge in [0.05, 0.1) is 6.61 Å². The van der Waals surface area contributed by atoms with E-state index in [0.29, 0.717) is 6.61 Å². The Bertz CT molecular complexity index is 223. The van der Waals surface area contributed by atoms with Crippen LogP contribution in [-0.4, -0.2) is 35.7 Å². The molecule has 1 aliphatic rings. The van der Waals surface area contributed by atoms with E-state index in [-0.39, 0.29) is 17.5 Å². The largest absolute Gasteiger partial charge is 0.350 e. The number of amides is 1. The number of carbonyl (C=O) groups is 1. The second-order valence-corrected chi connectivity index (χ2v) is 4.96. The average molecular weight is 214 g/mol. The van der Waals surface area contributed by atoms with E-state index in [1.54, 1.807) is 5.06 Å². The molecule has 0 saturated carbocycles. The molecular formula is C11H22N2O2. The highest BCUT2D eigenvalue weighted by atomic mass is 16.7. The number of carbonyl (C=O) groups excluding carboxylic acids is 1. The molecule has 0 radical (unpaired) electrons. The van der Waals surface area contributed by atoms with Crippen LogP contribution in [0, 0.1) is 0 Å². The number of nitrogens with zero attached hydrogens (tertiary/aromatic N) is 1. The van der Waals surface area contributed by atoms with Gasteiger partial charge in [-0.15, -0.1) is 0 Å². The fraction of sp³-hybridized carbons (Fsp3) is 0.909. The van der Waals surface area contributed by atoms with Gasteiger partial charge in [-0.25, -0.2) is 0 Å². The normalized spacial score (nSPS) is 23.1. The van der Waals surface area contributed by atoms with E-state index >= 15 is 0 Å². The molecule has 88 valence electrons. The standard InChI is InChI=1S/C11H22N2O2/c1-5-15-13-8-6-7-9(13)10(14)12-11(2,3)4/h9H,5-8H2,1-4H3,(H,12,14)/t9-/m0/s1. The molecule has 1 N–H and O–H groups in total. The number of nitrogens with one attached hydrogen (secondary N) is 1. The van der Waals surface area contributed by atoms with Gasteiger partial charge in [-0.2, -0.15) is 5.06 Å². The van der Waals surface area contributed by atoms with Crippen molar-refractivity contribution in [1.82, 2.24) is 10.4 Å². The van der Waals surface area contributed by atoms with E-state index in [9.17, 15) is 4.79 Å². The molecule has 1 amide bonds. The Kier molecular flexibility index (Phi) is 4.11. The summed E-state index contributed by atoms with van der Waals surface area (Å²) in [5, 5.41) is 4.80. The van der Waals surface area contributed by atoms with Gasteiger partial charge in [-0.1, -0.05) is 0 Å². The maximum absolute atomic E-state index is 11.9. The van der Waals surface area contributed by atoms with Crippen LogP contribution in [0.2, 0.25) is 0 Å². The van der Waals surface area contributed by atoms with Crippen LogP contribution in [0.5, 0.6) is 0 Å². The highest BCUT2D eigenvalue weighted by Crippen LogP contribution is 2.18. The van der Waals surface area contributed by atoms with Gasteiger partial charge in [0.25, 0.3) is 0 Å². The Morgan fingerprint density at radius 2 is 2.20 bits per heavy atom. The van der Waals surface area contributed by atoms with Gasteiger partial charge in [0, 0.05) is 12.1 Å². The van der Waals surface area contributed by atoms with Crippen LogP contribution >= 0.6 is 0 Å². The molecule has 1 aliphatic heterocycles. The summed E-state index contributed by atoms with van der Waals surface area (Å²) in [4.78, 5) is 17.3. The Morgan fingerprint density at radius 1 is 1.53 bits per heavy atom. The third-order valence-electron chi connectivity index (χ3n) is 2.30. The molecule has 1 heterocycles. The van der Waals surface area contributed by atoms with Gasteiger partial charge in [0.1, 0.15) is 6.04 Å². The Morgan fingerprint density at radius 3 is 2.73 bits per heavy atom. The number of hydroxylamine groups is 2. The Labute approximate surface area is 91.9 Å². The van der Waals surface area contributed by atoms with Crippen molar-refractivity contribution in [3.63, 3.8) is 0 Å². The molecule has 0 aromatic heterocycles. The third kappa shape index (κ3) is 3.80. The summed E-state index contributed by atoms with van der Waals surface area (Å²) in [5.74, 6) is 0.0773. The SMILES string of the molecule is CCON1CCC[C@H]1C(=O)NC(C)(C)C. The molecule has 0 aromatic carbocycles. The molecule has 1 saturated heterocycles. The molecule has 4 heteroatoms. The maximum Gasteiger partial charge on any atom is 0.240 e. The van der Waals surface area contributed by atoms with Crippen LogP contribution in [0.4, 0.5) is 0 Å². The lowest BCUT2D eigenvalue weighted by Crippen LogP contribution is -2.49. The monoisotopic (exact) mass is 214 g/mol. The first-order valence-electron chi connectivity index (χ1n) is 5.65. The lowest BCUT2D eigenvalue weighted by atomic mass is 10.1. The minimum atomic E-state index is -0.169. The van der Waals surface area contributed by atoms with Crippen molar-refractivity contribution < 1.29 is 9.63 Å². The molecule has 0 bridgehead atoms. The first-order valence-corrected chi connectivity index (χ1v) is 5.65. The van der Waals surface area contributed by atoms with Crippen LogP contribution in [0.25, 0.3) is 0 Å². The van der Waals surface area contributed by atoms with Crippen molar-refractivity contribution in [3.05, 3.63) is 0 Å². The minimum absolute atomic E-state index is 0.0773. The van der Waals surface area contributed by atoms with Crippen LogP contribution in [0.1, 0.15) is 40.5 Å². The lowest BCUT2D eigenvalue weighted by Gasteiger charge is -2.27. The molecule has 1 atom stereocenters. The number of rotatable bonds is 3. The summed E-state index contributed by atoms with van der Waals surface area (Å²) in [7, 11) is 0. The zero-order valence-corrected chi connectivity index (χ0v) is 10.2. The van der Waals surface area contributed by atoms with E-state index in [2.05, 4.69) is 5.32 Å². The first-order chi connectivity index (χ1) is 6.94. The smallest absolute Gasteiger partial charge is 0.240 e. The van der Waals surface area contributed by atoms with E-state index in [0.717, 1.165) is 19.4 Å². The Balaban J connectivity index is 2.51. The topological polar surface area (TPSA) is 41.6 Å². The minimum Gasteiger partial charge on any atom is -0.350 e. The summed E-state index contributed by atoms with van der Waals surface area (Å²) in [6, 6.07) is -0.107. The van der Waals surface area contributed by atoms with Crippen molar-refractivity contribution in [2.75, 3.05) is 13.2 Å². The number of hydrogen-bond acceptors (Lipinski definition) is 3. The van der Waals surface area contributed by atoms with Crippen molar-refractivity contribution >= 4 is 5.91 Å². The molecule has 1 fully saturated rings.